The normalized spacial score (nSPS) is 11.9. The summed E-state index contributed by atoms with van der Waals surface area (Å²) in [4.78, 5) is 16.4. The lowest BCUT2D eigenvalue weighted by atomic mass is 9.93. The largest absolute Gasteiger partial charge is 0.456 e. The van der Waals surface area contributed by atoms with Crippen LogP contribution in [0.3, 0.4) is 0 Å². The van der Waals surface area contributed by atoms with Gasteiger partial charge in [-0.15, -0.1) is 0 Å². The molecule has 4 aromatic heterocycles. The van der Waals surface area contributed by atoms with E-state index < -0.39 is 0 Å². The first-order chi connectivity index (χ1) is 35.2. The van der Waals surface area contributed by atoms with Crippen molar-refractivity contribution in [2.45, 2.75) is 0 Å². The molecule has 15 aromatic rings. The summed E-state index contributed by atoms with van der Waals surface area (Å²) in [6.07, 6.45) is 0. The Morgan fingerprint density at radius 3 is 1.69 bits per heavy atom. The predicted molar refractivity (Wildman–Crippen MR) is 293 cm³/mol. The molecule has 0 aliphatic rings. The second-order valence-electron chi connectivity index (χ2n) is 18.3. The molecule has 0 fully saturated rings. The van der Waals surface area contributed by atoms with Gasteiger partial charge in [0, 0.05) is 60.4 Å². The number of benzene rings is 11. The van der Waals surface area contributed by atoms with Crippen LogP contribution < -0.4 is 0 Å². The van der Waals surface area contributed by atoms with Gasteiger partial charge in [-0.1, -0.05) is 164 Å². The average Bonchev–Trinajstić information content (AvgIpc) is 4.11. The molecule has 0 saturated heterocycles. The molecule has 4 heterocycles. The Morgan fingerprint density at radius 2 is 0.887 bits per heavy atom. The van der Waals surface area contributed by atoms with Crippen LogP contribution >= 0.6 is 0 Å². The minimum atomic E-state index is 0.567. The second kappa shape index (κ2) is 15.4. The monoisotopic (exact) mass is 905 g/mol. The van der Waals surface area contributed by atoms with Crippen LogP contribution in [0.25, 0.3) is 144 Å². The maximum atomic E-state index is 6.75. The molecule has 6 nitrogen and oxygen atoms in total. The molecule has 0 spiro atoms. The van der Waals surface area contributed by atoms with Gasteiger partial charge in [0.2, 0.25) is 0 Å². The van der Waals surface area contributed by atoms with Gasteiger partial charge in [0.15, 0.2) is 17.5 Å². The van der Waals surface area contributed by atoms with E-state index in [1.807, 2.05) is 18.2 Å². The number of hydrogen-bond donors (Lipinski definition) is 0. The molecular weight excluding hydrogens is 867 g/mol. The van der Waals surface area contributed by atoms with Crippen LogP contribution in [0.2, 0.25) is 0 Å². The third-order valence-electron chi connectivity index (χ3n) is 14.3. The second-order valence-corrected chi connectivity index (χ2v) is 18.3. The predicted octanol–water partition coefficient (Wildman–Crippen LogP) is 16.9. The van der Waals surface area contributed by atoms with E-state index in [2.05, 4.69) is 228 Å². The standard InChI is InChI=1S/C65H39N5O/c1-3-18-41(19-4-1)63-66-64(68-65(67-63)52-29-15-28-50-47-25-11-14-31-56(47)70(62(50)52)44-22-5-2-6-23-44)51-35-34-45(69-55-30-13-12-26-48(55)54-37-42-20-7-8-21-43(42)38-57(54)69)39-53(51)49-27-16-32-58-61(49)60-46-24-10-9-17-40(46)33-36-59(60)71-58/h1-39H. The van der Waals surface area contributed by atoms with Gasteiger partial charge in [0.25, 0.3) is 0 Å². The lowest BCUT2D eigenvalue weighted by Gasteiger charge is -2.17. The highest BCUT2D eigenvalue weighted by molar-refractivity contribution is 6.23. The Hall–Kier alpha value is -9.65. The van der Waals surface area contributed by atoms with Crippen LogP contribution in [-0.2, 0) is 0 Å². The lowest BCUT2D eigenvalue weighted by molar-refractivity contribution is 0.669. The molecule has 0 unspecified atom stereocenters. The van der Waals surface area contributed by atoms with E-state index >= 15 is 0 Å². The summed E-state index contributed by atoms with van der Waals surface area (Å²) in [6.45, 7) is 0. The van der Waals surface area contributed by atoms with Gasteiger partial charge in [-0.25, -0.2) is 15.0 Å². The summed E-state index contributed by atoms with van der Waals surface area (Å²) >= 11 is 0. The van der Waals surface area contributed by atoms with Crippen molar-refractivity contribution in [3.63, 3.8) is 0 Å². The van der Waals surface area contributed by atoms with E-state index in [-0.39, 0.29) is 0 Å². The third kappa shape index (κ3) is 6.05. The number of hydrogen-bond acceptors (Lipinski definition) is 4. The minimum Gasteiger partial charge on any atom is -0.456 e. The Balaban J connectivity index is 1.05. The fraction of sp³-hybridized carbons (Fsp3) is 0. The molecule has 0 aliphatic carbocycles. The number of nitrogens with zero attached hydrogens (tertiary/aromatic N) is 5. The van der Waals surface area contributed by atoms with Crippen molar-refractivity contribution >= 4 is 87.1 Å². The molecule has 0 saturated carbocycles. The summed E-state index contributed by atoms with van der Waals surface area (Å²) in [5.41, 5.74) is 12.8. The Bertz CT molecular complexity index is 4640. The van der Waals surface area contributed by atoms with E-state index in [0.717, 1.165) is 105 Å². The van der Waals surface area contributed by atoms with Gasteiger partial charge in [0.1, 0.15) is 11.2 Å². The molecule has 0 aliphatic heterocycles. The van der Waals surface area contributed by atoms with Gasteiger partial charge >= 0.3 is 0 Å². The maximum absolute atomic E-state index is 6.75. The van der Waals surface area contributed by atoms with Crippen molar-refractivity contribution in [3.05, 3.63) is 237 Å². The van der Waals surface area contributed by atoms with Crippen molar-refractivity contribution in [1.82, 2.24) is 24.1 Å². The first-order valence-electron chi connectivity index (χ1n) is 24.0. The molecule has 0 bridgehead atoms. The molecular formula is C65H39N5O. The van der Waals surface area contributed by atoms with Gasteiger partial charge in [0.05, 0.1) is 22.1 Å². The Kier molecular flexibility index (Phi) is 8.56. The summed E-state index contributed by atoms with van der Waals surface area (Å²) in [7, 11) is 0. The summed E-state index contributed by atoms with van der Waals surface area (Å²) in [6, 6.07) is 83.9. The smallest absolute Gasteiger partial charge is 0.166 e. The SMILES string of the molecule is c1ccc(-c2nc(-c3ccc(-n4c5ccccc5c5cc6ccccc6cc54)cc3-c3cccc4oc5ccc6ccccc6c5c34)nc(-c3cccc4c5ccccc5n(-c5ccccc5)c34)n2)cc1. The van der Waals surface area contributed by atoms with Crippen LogP contribution in [0.4, 0.5) is 0 Å². The minimum absolute atomic E-state index is 0.567. The van der Waals surface area contributed by atoms with Gasteiger partial charge < -0.3 is 13.6 Å². The number of furan rings is 1. The molecule has 0 atom stereocenters. The highest BCUT2D eigenvalue weighted by Crippen LogP contribution is 2.45. The van der Waals surface area contributed by atoms with Crippen molar-refractivity contribution in [2.24, 2.45) is 0 Å². The first-order valence-corrected chi connectivity index (χ1v) is 24.0. The Labute approximate surface area is 407 Å². The molecule has 330 valence electrons. The summed E-state index contributed by atoms with van der Waals surface area (Å²) < 4.78 is 11.5. The highest BCUT2D eigenvalue weighted by Gasteiger charge is 2.24. The number of aromatic nitrogens is 5. The molecule has 0 amide bonds. The lowest BCUT2D eigenvalue weighted by Crippen LogP contribution is -2.03. The van der Waals surface area contributed by atoms with Crippen molar-refractivity contribution in [1.29, 1.82) is 0 Å². The zero-order valence-corrected chi connectivity index (χ0v) is 38.2. The maximum Gasteiger partial charge on any atom is 0.166 e. The fourth-order valence-electron chi connectivity index (χ4n) is 11.2. The summed E-state index contributed by atoms with van der Waals surface area (Å²) in [5, 5.41) is 11.5. The van der Waals surface area contributed by atoms with E-state index in [1.54, 1.807) is 0 Å². The van der Waals surface area contributed by atoms with E-state index in [9.17, 15) is 0 Å². The van der Waals surface area contributed by atoms with Crippen LogP contribution in [0.5, 0.6) is 0 Å². The van der Waals surface area contributed by atoms with E-state index in [4.69, 9.17) is 19.4 Å². The van der Waals surface area contributed by atoms with Crippen LogP contribution in [0, 0.1) is 0 Å². The first kappa shape index (κ1) is 39.4. The summed E-state index contributed by atoms with van der Waals surface area (Å²) in [5.74, 6) is 1.74. The molecule has 0 N–H and O–H groups in total. The van der Waals surface area contributed by atoms with Crippen molar-refractivity contribution < 1.29 is 4.42 Å². The molecule has 71 heavy (non-hydrogen) atoms. The van der Waals surface area contributed by atoms with E-state index in [1.165, 1.54) is 21.5 Å². The van der Waals surface area contributed by atoms with Gasteiger partial charge in [-0.2, -0.15) is 0 Å². The van der Waals surface area contributed by atoms with Gasteiger partial charge in [-0.05, 0) is 105 Å². The van der Waals surface area contributed by atoms with Crippen LogP contribution in [0.1, 0.15) is 0 Å². The van der Waals surface area contributed by atoms with Gasteiger partial charge in [-0.3, -0.25) is 0 Å². The van der Waals surface area contributed by atoms with Crippen molar-refractivity contribution in [2.75, 3.05) is 0 Å². The van der Waals surface area contributed by atoms with Crippen LogP contribution in [0.15, 0.2) is 241 Å². The number of rotatable bonds is 6. The molecule has 15 rings (SSSR count). The highest BCUT2D eigenvalue weighted by atomic mass is 16.3. The van der Waals surface area contributed by atoms with Crippen molar-refractivity contribution in [3.8, 4) is 56.7 Å². The molecule has 6 heteroatoms. The Morgan fingerprint density at radius 1 is 0.296 bits per heavy atom. The van der Waals surface area contributed by atoms with Crippen LogP contribution in [-0.4, -0.2) is 24.1 Å². The zero-order chi connectivity index (χ0) is 46.6. The third-order valence-corrected chi connectivity index (χ3v) is 14.3. The van der Waals surface area contributed by atoms with E-state index in [0.29, 0.717) is 17.5 Å². The fourth-order valence-corrected chi connectivity index (χ4v) is 11.2. The molecule has 11 aromatic carbocycles. The quantitative estimate of drug-likeness (QED) is 0.167. The zero-order valence-electron chi connectivity index (χ0n) is 38.2. The number of para-hydroxylation sites is 4. The molecule has 0 radical (unpaired) electrons. The number of fused-ring (bicyclic) bond motifs is 12. The topological polar surface area (TPSA) is 61.7 Å². The average molecular weight is 906 g/mol.